The number of hydrogen-bond acceptors (Lipinski definition) is 5. The van der Waals surface area contributed by atoms with Crippen LogP contribution in [0.15, 0.2) is 48.8 Å². The molecule has 156 valence electrons. The topological polar surface area (TPSA) is 129 Å². The first-order valence-electron chi connectivity index (χ1n) is 8.13. The average Bonchev–Trinajstić information content (AvgIpc) is 2.68. The highest BCUT2D eigenvalue weighted by atomic mass is 19.4. The van der Waals surface area contributed by atoms with Gasteiger partial charge in [-0.15, -0.1) is 0 Å². The number of aliphatic carboxylic acids is 2. The van der Waals surface area contributed by atoms with E-state index in [4.69, 9.17) is 19.8 Å². The predicted molar refractivity (Wildman–Crippen MR) is 95.0 cm³/mol. The molecule has 0 aliphatic rings. The lowest BCUT2D eigenvalue weighted by Gasteiger charge is -2.13. The zero-order chi connectivity index (χ0) is 21.9. The first-order chi connectivity index (χ1) is 13.6. The number of rotatable bonds is 6. The molecule has 11 heteroatoms. The summed E-state index contributed by atoms with van der Waals surface area (Å²) in [5, 5.41) is 20.4. The van der Waals surface area contributed by atoms with Crippen LogP contribution >= 0.6 is 0 Å². The van der Waals surface area contributed by atoms with Crippen LogP contribution in [0, 0.1) is 0 Å². The minimum atomic E-state index is -4.37. The Morgan fingerprint density at radius 3 is 2.07 bits per heavy atom. The van der Waals surface area contributed by atoms with Crippen LogP contribution in [-0.2, 0) is 22.3 Å². The molecule has 1 amide bonds. The van der Waals surface area contributed by atoms with Gasteiger partial charge in [0.25, 0.3) is 5.91 Å². The lowest BCUT2D eigenvalue weighted by molar-refractivity contribution is -0.159. The number of nitrogens with zero attached hydrogens (tertiary/aromatic N) is 1. The van der Waals surface area contributed by atoms with E-state index < -0.39 is 23.7 Å². The minimum Gasteiger partial charge on any atom is -0.473 e. The molecule has 1 aromatic heterocycles. The standard InChI is InChI=1S/C16H16F3N3O.C2H2O4/c17-16(18,19)14-4-2-1-3-13(14)11-21-9-10-22-15(23)12-5-7-20-8-6-12;3-1(4)2(5)6/h1-8,21H,9-11H2,(H,22,23);(H,3,4)(H,5,6). The first-order valence-corrected chi connectivity index (χ1v) is 8.13. The van der Waals surface area contributed by atoms with Crippen molar-refractivity contribution < 1.29 is 37.8 Å². The SMILES string of the molecule is O=C(NCCNCc1ccccc1C(F)(F)F)c1ccncc1.O=C(O)C(=O)O. The quantitative estimate of drug-likeness (QED) is 0.420. The highest BCUT2D eigenvalue weighted by Gasteiger charge is 2.32. The molecule has 0 saturated heterocycles. The monoisotopic (exact) mass is 413 g/mol. The molecule has 0 bridgehead atoms. The summed E-state index contributed by atoms with van der Waals surface area (Å²) >= 11 is 0. The molecular weight excluding hydrogens is 395 g/mol. The van der Waals surface area contributed by atoms with Crippen molar-refractivity contribution in [2.75, 3.05) is 13.1 Å². The number of pyridine rings is 1. The molecule has 2 aromatic rings. The second-order valence-electron chi connectivity index (χ2n) is 5.43. The summed E-state index contributed by atoms with van der Waals surface area (Å²) in [6.45, 7) is 0.763. The molecule has 2 rings (SSSR count). The van der Waals surface area contributed by atoms with Crippen LogP contribution in [0.1, 0.15) is 21.5 Å². The van der Waals surface area contributed by atoms with Gasteiger partial charge in [-0.3, -0.25) is 9.78 Å². The van der Waals surface area contributed by atoms with E-state index in [9.17, 15) is 18.0 Å². The van der Waals surface area contributed by atoms with Gasteiger partial charge in [-0.05, 0) is 23.8 Å². The highest BCUT2D eigenvalue weighted by Crippen LogP contribution is 2.31. The van der Waals surface area contributed by atoms with Gasteiger partial charge in [-0.25, -0.2) is 9.59 Å². The number of halogens is 3. The molecule has 1 aromatic carbocycles. The van der Waals surface area contributed by atoms with Gasteiger partial charge in [0.15, 0.2) is 0 Å². The molecule has 0 fully saturated rings. The lowest BCUT2D eigenvalue weighted by atomic mass is 10.1. The van der Waals surface area contributed by atoms with Crippen LogP contribution in [0.2, 0.25) is 0 Å². The maximum absolute atomic E-state index is 12.8. The third-order valence-corrected chi connectivity index (χ3v) is 3.35. The summed E-state index contributed by atoms with van der Waals surface area (Å²) in [4.78, 5) is 33.8. The van der Waals surface area contributed by atoms with E-state index in [2.05, 4.69) is 15.6 Å². The largest absolute Gasteiger partial charge is 0.473 e. The van der Waals surface area contributed by atoms with Crippen molar-refractivity contribution in [3.05, 3.63) is 65.5 Å². The fourth-order valence-electron chi connectivity index (χ4n) is 2.04. The molecule has 0 radical (unpaired) electrons. The Morgan fingerprint density at radius 2 is 1.52 bits per heavy atom. The van der Waals surface area contributed by atoms with Crippen molar-refractivity contribution >= 4 is 17.8 Å². The van der Waals surface area contributed by atoms with Gasteiger partial charge in [0.05, 0.1) is 5.56 Å². The van der Waals surface area contributed by atoms with Gasteiger partial charge >= 0.3 is 18.1 Å². The molecule has 0 spiro atoms. The van der Waals surface area contributed by atoms with Crippen LogP contribution in [-0.4, -0.2) is 46.1 Å². The number of alkyl halides is 3. The average molecular weight is 413 g/mol. The Morgan fingerprint density at radius 1 is 0.931 bits per heavy atom. The number of hydrogen-bond donors (Lipinski definition) is 4. The summed E-state index contributed by atoms with van der Waals surface area (Å²) in [5.74, 6) is -3.89. The minimum absolute atomic E-state index is 0.0841. The normalized spacial score (nSPS) is 10.4. The Balaban J connectivity index is 0.000000612. The number of amides is 1. The van der Waals surface area contributed by atoms with Crippen molar-refractivity contribution in [2.24, 2.45) is 0 Å². The summed E-state index contributed by atoms with van der Waals surface area (Å²) in [5.41, 5.74) is 0.0243. The molecule has 0 saturated carbocycles. The number of carboxylic acid groups (broad SMARTS) is 2. The van der Waals surface area contributed by atoms with Crippen molar-refractivity contribution in [1.29, 1.82) is 0 Å². The molecule has 0 unspecified atom stereocenters. The maximum atomic E-state index is 12.8. The summed E-state index contributed by atoms with van der Waals surface area (Å²) in [6, 6.07) is 8.59. The van der Waals surface area contributed by atoms with E-state index in [1.165, 1.54) is 24.5 Å². The van der Waals surface area contributed by atoms with Crippen LogP contribution in [0.3, 0.4) is 0 Å². The van der Waals surface area contributed by atoms with Gasteiger partial charge < -0.3 is 20.8 Å². The van der Waals surface area contributed by atoms with Crippen molar-refractivity contribution in [3.63, 3.8) is 0 Å². The van der Waals surface area contributed by atoms with E-state index in [1.54, 1.807) is 18.2 Å². The highest BCUT2D eigenvalue weighted by molar-refractivity contribution is 6.27. The lowest BCUT2D eigenvalue weighted by Crippen LogP contribution is -2.32. The Kier molecular flexibility index (Phi) is 9.26. The summed E-state index contributed by atoms with van der Waals surface area (Å²) < 4.78 is 38.5. The van der Waals surface area contributed by atoms with E-state index in [0.29, 0.717) is 18.7 Å². The van der Waals surface area contributed by atoms with E-state index in [0.717, 1.165) is 6.07 Å². The third-order valence-electron chi connectivity index (χ3n) is 3.35. The van der Waals surface area contributed by atoms with E-state index in [-0.39, 0.29) is 18.0 Å². The Labute approximate surface area is 163 Å². The zero-order valence-electron chi connectivity index (χ0n) is 14.9. The van der Waals surface area contributed by atoms with Gasteiger partial charge in [0.1, 0.15) is 0 Å². The summed E-state index contributed by atoms with van der Waals surface area (Å²) in [6.07, 6.45) is -1.34. The molecule has 1 heterocycles. The Hall–Kier alpha value is -3.47. The fraction of sp³-hybridized carbons (Fsp3) is 0.222. The molecule has 4 N–H and O–H groups in total. The van der Waals surface area contributed by atoms with Gasteiger partial charge in [-0.1, -0.05) is 18.2 Å². The number of carbonyl (C=O) groups is 3. The van der Waals surface area contributed by atoms with E-state index in [1.807, 2.05) is 0 Å². The van der Waals surface area contributed by atoms with Crippen LogP contribution < -0.4 is 10.6 Å². The third kappa shape index (κ3) is 8.84. The molecule has 0 aliphatic heterocycles. The van der Waals surface area contributed by atoms with Crippen LogP contribution in [0.5, 0.6) is 0 Å². The molecule has 0 aliphatic carbocycles. The van der Waals surface area contributed by atoms with Crippen LogP contribution in [0.25, 0.3) is 0 Å². The maximum Gasteiger partial charge on any atom is 0.416 e. The predicted octanol–water partition coefficient (Wildman–Crippen LogP) is 1.78. The van der Waals surface area contributed by atoms with Crippen molar-refractivity contribution in [3.8, 4) is 0 Å². The number of carboxylic acids is 2. The Bertz CT molecular complexity index is 817. The summed E-state index contributed by atoms with van der Waals surface area (Å²) in [7, 11) is 0. The van der Waals surface area contributed by atoms with Crippen molar-refractivity contribution in [1.82, 2.24) is 15.6 Å². The number of aromatic nitrogens is 1. The molecule has 8 nitrogen and oxygen atoms in total. The first kappa shape index (κ1) is 23.6. The van der Waals surface area contributed by atoms with Gasteiger partial charge in [0, 0.05) is 37.6 Å². The van der Waals surface area contributed by atoms with Gasteiger partial charge in [-0.2, -0.15) is 13.2 Å². The van der Waals surface area contributed by atoms with Crippen molar-refractivity contribution in [2.45, 2.75) is 12.7 Å². The number of nitrogens with one attached hydrogen (secondary N) is 2. The van der Waals surface area contributed by atoms with E-state index >= 15 is 0 Å². The number of carbonyl (C=O) groups excluding carboxylic acids is 1. The molecule has 0 atom stereocenters. The van der Waals surface area contributed by atoms with Crippen LogP contribution in [0.4, 0.5) is 13.2 Å². The molecular formula is C18H18F3N3O5. The van der Waals surface area contributed by atoms with Gasteiger partial charge in [0.2, 0.25) is 0 Å². The second kappa shape index (κ2) is 11.4. The zero-order valence-corrected chi connectivity index (χ0v) is 14.9. The fourth-order valence-corrected chi connectivity index (χ4v) is 2.04. The smallest absolute Gasteiger partial charge is 0.416 e. The number of benzene rings is 1. The second-order valence-corrected chi connectivity index (χ2v) is 5.43. The molecule has 29 heavy (non-hydrogen) atoms.